The highest BCUT2D eigenvalue weighted by Gasteiger charge is 2.25. The van der Waals surface area contributed by atoms with Crippen LogP contribution in [-0.2, 0) is 11.3 Å². The lowest BCUT2D eigenvalue weighted by Gasteiger charge is -2.30. The zero-order valence-corrected chi connectivity index (χ0v) is 21.1. The minimum absolute atomic E-state index is 0.0206. The van der Waals surface area contributed by atoms with Gasteiger partial charge in [-0.3, -0.25) is 15.2 Å². The van der Waals surface area contributed by atoms with Gasteiger partial charge in [-0.25, -0.2) is 5.84 Å². The maximum Gasteiger partial charge on any atom is 0.268 e. The van der Waals surface area contributed by atoms with Gasteiger partial charge in [0.05, 0.1) is 6.61 Å². The van der Waals surface area contributed by atoms with E-state index in [0.717, 1.165) is 31.2 Å². The molecule has 0 saturated heterocycles. The fourth-order valence-corrected chi connectivity index (χ4v) is 4.35. The highest BCUT2D eigenvalue weighted by atomic mass is 16.5. The van der Waals surface area contributed by atoms with E-state index in [4.69, 9.17) is 31.2 Å². The number of nitrogens with zero attached hydrogens (tertiary/aromatic N) is 1. The molecule has 0 aromatic heterocycles. The van der Waals surface area contributed by atoms with E-state index in [0.29, 0.717) is 47.3 Å². The van der Waals surface area contributed by atoms with Crippen LogP contribution < -0.4 is 21.1 Å². The molecular formula is C29H34N4O4. The van der Waals surface area contributed by atoms with E-state index in [2.05, 4.69) is 0 Å². The highest BCUT2D eigenvalue weighted by Crippen LogP contribution is 2.32. The molecule has 0 spiro atoms. The predicted octanol–water partition coefficient (Wildman–Crippen LogP) is 5.74. The van der Waals surface area contributed by atoms with Crippen molar-refractivity contribution in [2.24, 2.45) is 11.6 Å². The van der Waals surface area contributed by atoms with E-state index in [1.165, 1.54) is 11.4 Å². The Bertz CT molecular complexity index is 1210. The van der Waals surface area contributed by atoms with Gasteiger partial charge in [0.1, 0.15) is 23.0 Å². The molecule has 0 radical (unpaired) electrons. The number of hydrazine groups is 1. The normalized spacial score (nSPS) is 13.6. The quantitative estimate of drug-likeness (QED) is 0.113. The number of carbonyl (C=O) groups excluding carboxylic acids is 1. The Balaban J connectivity index is 1.60. The fourth-order valence-electron chi connectivity index (χ4n) is 4.35. The summed E-state index contributed by atoms with van der Waals surface area (Å²) in [6.45, 7) is 2.70. The molecule has 1 saturated carbocycles. The zero-order chi connectivity index (χ0) is 26.2. The van der Waals surface area contributed by atoms with Gasteiger partial charge in [0.2, 0.25) is 5.90 Å². The first kappa shape index (κ1) is 26.2. The number of benzene rings is 3. The molecule has 1 aliphatic carbocycles. The van der Waals surface area contributed by atoms with Crippen molar-refractivity contribution >= 4 is 11.8 Å². The summed E-state index contributed by atoms with van der Waals surface area (Å²) in [5.74, 6) is 8.16. The van der Waals surface area contributed by atoms with Crippen LogP contribution in [0.25, 0.3) is 0 Å². The first-order valence-electron chi connectivity index (χ1n) is 12.7. The molecule has 1 fully saturated rings. The summed E-state index contributed by atoms with van der Waals surface area (Å²) < 4.78 is 17.4. The monoisotopic (exact) mass is 502 g/mol. The van der Waals surface area contributed by atoms with Gasteiger partial charge in [0.15, 0.2) is 0 Å². The van der Waals surface area contributed by atoms with Crippen LogP contribution in [0.2, 0.25) is 0 Å². The molecule has 0 atom stereocenters. The van der Waals surface area contributed by atoms with Crippen LogP contribution in [0.5, 0.6) is 23.0 Å². The first-order chi connectivity index (χ1) is 18.0. The largest absolute Gasteiger partial charge is 0.478 e. The van der Waals surface area contributed by atoms with E-state index in [9.17, 15) is 4.79 Å². The number of carbonyl (C=O) groups is 1. The molecule has 5 N–H and O–H groups in total. The SMILES string of the molecule is CCOC(=N)c1ccc(Oc2cc(Oc3ccc(CN)cc3)cc(C(=O)N(N)C3CCCCC3)c2)cc1. The predicted molar refractivity (Wildman–Crippen MR) is 143 cm³/mol. The van der Waals surface area contributed by atoms with Crippen molar-refractivity contribution < 1.29 is 19.0 Å². The second kappa shape index (κ2) is 12.4. The van der Waals surface area contributed by atoms with Crippen molar-refractivity contribution in [2.75, 3.05) is 6.61 Å². The highest BCUT2D eigenvalue weighted by molar-refractivity contribution is 5.95. The molecule has 4 rings (SSSR count). The van der Waals surface area contributed by atoms with Crippen molar-refractivity contribution in [2.45, 2.75) is 51.6 Å². The summed E-state index contributed by atoms with van der Waals surface area (Å²) in [6, 6.07) is 19.6. The van der Waals surface area contributed by atoms with Crippen LogP contribution in [-0.4, -0.2) is 29.5 Å². The number of amides is 1. The molecule has 3 aromatic rings. The van der Waals surface area contributed by atoms with Crippen LogP contribution >= 0.6 is 0 Å². The second-order valence-electron chi connectivity index (χ2n) is 9.04. The Labute approximate surface area is 217 Å². The van der Waals surface area contributed by atoms with E-state index in [1.54, 1.807) is 42.5 Å². The lowest BCUT2D eigenvalue weighted by atomic mass is 9.94. The molecule has 0 bridgehead atoms. The van der Waals surface area contributed by atoms with Crippen LogP contribution in [0.1, 0.15) is 60.5 Å². The summed E-state index contributed by atoms with van der Waals surface area (Å²) in [6.07, 6.45) is 5.11. The third kappa shape index (κ3) is 6.87. The molecule has 0 unspecified atom stereocenters. The smallest absolute Gasteiger partial charge is 0.268 e. The molecular weight excluding hydrogens is 468 g/mol. The minimum atomic E-state index is -0.277. The average Bonchev–Trinajstić information content (AvgIpc) is 2.93. The van der Waals surface area contributed by atoms with Crippen molar-refractivity contribution in [3.8, 4) is 23.0 Å². The number of rotatable bonds is 9. The van der Waals surface area contributed by atoms with Gasteiger partial charge >= 0.3 is 0 Å². The standard InChI is InChI=1S/C29H34N4O4/c1-2-35-28(31)21-10-14-25(15-11-21)37-27-17-22(29(34)33(32)23-6-4-3-5-7-23)16-26(18-27)36-24-12-8-20(19-30)9-13-24/h8-18,23,31H,2-7,19,30,32H2,1H3. The summed E-state index contributed by atoms with van der Waals surface area (Å²) in [5, 5.41) is 9.29. The third-order valence-electron chi connectivity index (χ3n) is 6.37. The van der Waals surface area contributed by atoms with Gasteiger partial charge in [-0.1, -0.05) is 31.4 Å². The Morgan fingerprint density at radius 2 is 1.43 bits per heavy atom. The molecule has 194 valence electrons. The summed E-state index contributed by atoms with van der Waals surface area (Å²) in [7, 11) is 0. The van der Waals surface area contributed by atoms with E-state index >= 15 is 0 Å². The zero-order valence-electron chi connectivity index (χ0n) is 21.1. The average molecular weight is 503 g/mol. The van der Waals surface area contributed by atoms with E-state index < -0.39 is 0 Å². The van der Waals surface area contributed by atoms with Crippen molar-refractivity contribution in [1.29, 1.82) is 5.41 Å². The minimum Gasteiger partial charge on any atom is -0.478 e. The number of nitrogens with two attached hydrogens (primary N) is 2. The topological polar surface area (TPSA) is 124 Å². The van der Waals surface area contributed by atoms with Crippen molar-refractivity contribution in [1.82, 2.24) is 5.01 Å². The van der Waals surface area contributed by atoms with Gasteiger partial charge in [-0.15, -0.1) is 0 Å². The molecule has 37 heavy (non-hydrogen) atoms. The van der Waals surface area contributed by atoms with Crippen LogP contribution in [0.3, 0.4) is 0 Å². The summed E-state index contributed by atoms with van der Waals surface area (Å²) in [4.78, 5) is 13.4. The maximum absolute atomic E-state index is 13.4. The van der Waals surface area contributed by atoms with E-state index in [1.807, 2.05) is 31.2 Å². The van der Waals surface area contributed by atoms with Crippen molar-refractivity contribution in [3.63, 3.8) is 0 Å². The summed E-state index contributed by atoms with van der Waals surface area (Å²) in [5.41, 5.74) is 7.72. The molecule has 0 aliphatic heterocycles. The Hall–Kier alpha value is -3.88. The van der Waals surface area contributed by atoms with E-state index in [-0.39, 0.29) is 17.8 Å². The molecule has 0 heterocycles. The fraction of sp³-hybridized carbons (Fsp3) is 0.310. The number of ether oxygens (including phenoxy) is 3. The molecule has 8 heteroatoms. The molecule has 1 amide bonds. The Morgan fingerprint density at radius 3 is 1.97 bits per heavy atom. The van der Waals surface area contributed by atoms with Gasteiger partial charge in [0, 0.05) is 29.8 Å². The molecule has 8 nitrogen and oxygen atoms in total. The van der Waals surface area contributed by atoms with Crippen LogP contribution in [0, 0.1) is 5.41 Å². The molecule has 3 aromatic carbocycles. The lowest BCUT2D eigenvalue weighted by molar-refractivity contribution is 0.0633. The molecule has 1 aliphatic rings. The van der Waals surface area contributed by atoms with Crippen molar-refractivity contribution in [3.05, 3.63) is 83.4 Å². The van der Waals surface area contributed by atoms with Gasteiger partial charge in [-0.2, -0.15) is 0 Å². The number of nitrogens with one attached hydrogen (secondary N) is 1. The maximum atomic E-state index is 13.4. The van der Waals surface area contributed by atoms with Crippen LogP contribution in [0.15, 0.2) is 66.7 Å². The Kier molecular flexibility index (Phi) is 8.77. The Morgan fingerprint density at radius 1 is 0.865 bits per heavy atom. The first-order valence-corrected chi connectivity index (χ1v) is 12.7. The van der Waals surface area contributed by atoms with Crippen LogP contribution in [0.4, 0.5) is 0 Å². The second-order valence-corrected chi connectivity index (χ2v) is 9.04. The van der Waals surface area contributed by atoms with Gasteiger partial charge in [0.25, 0.3) is 5.91 Å². The summed E-state index contributed by atoms with van der Waals surface area (Å²) >= 11 is 0. The third-order valence-corrected chi connectivity index (χ3v) is 6.37. The lowest BCUT2D eigenvalue weighted by Crippen LogP contribution is -2.46. The van der Waals surface area contributed by atoms with Gasteiger partial charge in [-0.05, 0) is 73.9 Å². The van der Waals surface area contributed by atoms with Gasteiger partial charge < -0.3 is 19.9 Å². The number of hydrogen-bond donors (Lipinski definition) is 3. The number of hydrogen-bond acceptors (Lipinski definition) is 7.